The molecule has 10 heteroatoms. The third-order valence-electron chi connectivity index (χ3n) is 4.10. The second kappa shape index (κ2) is 10.4. The molecule has 31 heavy (non-hydrogen) atoms. The van der Waals surface area contributed by atoms with Gasteiger partial charge in [-0.3, -0.25) is 9.36 Å². The van der Waals surface area contributed by atoms with E-state index in [1.165, 1.54) is 6.07 Å². The summed E-state index contributed by atoms with van der Waals surface area (Å²) in [4.78, 5) is 12.2. The molecule has 1 amide bonds. The van der Waals surface area contributed by atoms with Crippen molar-refractivity contribution in [3.8, 4) is 5.75 Å². The highest BCUT2D eigenvalue weighted by molar-refractivity contribution is 7.99. The van der Waals surface area contributed by atoms with Crippen molar-refractivity contribution < 1.29 is 18.3 Å². The Balaban J connectivity index is 1.69. The van der Waals surface area contributed by atoms with Gasteiger partial charge >= 0.3 is 0 Å². The second-order valence-electron chi connectivity index (χ2n) is 6.39. The SMILES string of the molecule is C=CCn1c(SCC(=O)Nc2ccc(F)cc2F)nnc1C(C)Oc1ccccc1Cl. The summed E-state index contributed by atoms with van der Waals surface area (Å²) in [6.45, 7) is 5.95. The number of ether oxygens (including phenoxy) is 1. The molecule has 162 valence electrons. The third-order valence-corrected chi connectivity index (χ3v) is 5.38. The van der Waals surface area contributed by atoms with Gasteiger partial charge in [0.15, 0.2) is 17.1 Å². The molecule has 1 N–H and O–H groups in total. The number of thioether (sulfide) groups is 1. The minimum absolute atomic E-state index is 0.0498. The Morgan fingerprint density at radius 2 is 2.10 bits per heavy atom. The maximum absolute atomic E-state index is 13.7. The predicted molar refractivity (Wildman–Crippen MR) is 116 cm³/mol. The number of para-hydroxylation sites is 1. The first-order chi connectivity index (χ1) is 14.9. The molecule has 0 aliphatic heterocycles. The average Bonchev–Trinajstić information content (AvgIpc) is 3.13. The number of nitrogens with zero attached hydrogens (tertiary/aromatic N) is 3. The molecule has 3 aromatic rings. The van der Waals surface area contributed by atoms with Crippen LogP contribution < -0.4 is 10.1 Å². The minimum Gasteiger partial charge on any atom is -0.481 e. The highest BCUT2D eigenvalue weighted by atomic mass is 35.5. The lowest BCUT2D eigenvalue weighted by Crippen LogP contribution is -2.16. The fraction of sp³-hybridized carbons (Fsp3) is 0.190. The van der Waals surface area contributed by atoms with Gasteiger partial charge in [-0.2, -0.15) is 0 Å². The zero-order chi connectivity index (χ0) is 22.4. The van der Waals surface area contributed by atoms with Gasteiger partial charge in [-0.25, -0.2) is 8.78 Å². The molecule has 0 fully saturated rings. The van der Waals surface area contributed by atoms with E-state index in [0.29, 0.717) is 34.4 Å². The summed E-state index contributed by atoms with van der Waals surface area (Å²) < 4.78 is 34.4. The van der Waals surface area contributed by atoms with Crippen LogP contribution in [0.3, 0.4) is 0 Å². The van der Waals surface area contributed by atoms with Gasteiger partial charge in [0.2, 0.25) is 5.91 Å². The maximum Gasteiger partial charge on any atom is 0.234 e. The summed E-state index contributed by atoms with van der Waals surface area (Å²) >= 11 is 7.28. The quantitative estimate of drug-likeness (QED) is 0.345. The van der Waals surface area contributed by atoms with E-state index in [2.05, 4.69) is 22.1 Å². The molecule has 6 nitrogen and oxygen atoms in total. The summed E-state index contributed by atoms with van der Waals surface area (Å²) in [6, 6.07) is 10.0. The average molecular weight is 465 g/mol. The Labute approximate surface area is 187 Å². The number of benzene rings is 2. The van der Waals surface area contributed by atoms with Gasteiger partial charge in [-0.05, 0) is 31.2 Å². The number of aromatic nitrogens is 3. The van der Waals surface area contributed by atoms with Crippen molar-refractivity contribution in [1.29, 1.82) is 0 Å². The van der Waals surface area contributed by atoms with Crippen molar-refractivity contribution in [2.45, 2.75) is 24.7 Å². The summed E-state index contributed by atoms with van der Waals surface area (Å²) in [6.07, 6.45) is 1.21. The number of hydrogen-bond donors (Lipinski definition) is 1. The van der Waals surface area contributed by atoms with Crippen LogP contribution >= 0.6 is 23.4 Å². The highest BCUT2D eigenvalue weighted by Crippen LogP contribution is 2.29. The van der Waals surface area contributed by atoms with Crippen LogP contribution in [0.15, 0.2) is 60.3 Å². The van der Waals surface area contributed by atoms with Gasteiger partial charge in [0.1, 0.15) is 17.4 Å². The van der Waals surface area contributed by atoms with Crippen molar-refractivity contribution >= 4 is 35.0 Å². The smallest absolute Gasteiger partial charge is 0.234 e. The largest absolute Gasteiger partial charge is 0.481 e. The number of anilines is 1. The van der Waals surface area contributed by atoms with Crippen molar-refractivity contribution in [2.75, 3.05) is 11.1 Å². The Morgan fingerprint density at radius 3 is 2.81 bits per heavy atom. The van der Waals surface area contributed by atoms with Gasteiger partial charge < -0.3 is 10.1 Å². The van der Waals surface area contributed by atoms with E-state index in [4.69, 9.17) is 16.3 Å². The van der Waals surface area contributed by atoms with Crippen LogP contribution in [0.2, 0.25) is 5.02 Å². The Kier molecular flexibility index (Phi) is 7.64. The Hall–Kier alpha value is -2.91. The van der Waals surface area contributed by atoms with Crippen molar-refractivity contribution in [2.24, 2.45) is 0 Å². The van der Waals surface area contributed by atoms with E-state index in [-0.39, 0.29) is 11.4 Å². The van der Waals surface area contributed by atoms with E-state index in [1.54, 1.807) is 28.8 Å². The molecule has 1 heterocycles. The maximum atomic E-state index is 13.7. The molecule has 0 saturated carbocycles. The molecule has 0 aliphatic rings. The number of allylic oxidation sites excluding steroid dienone is 1. The number of nitrogens with one attached hydrogen (secondary N) is 1. The normalized spacial score (nSPS) is 11.7. The van der Waals surface area contributed by atoms with Gasteiger partial charge in [0.25, 0.3) is 0 Å². The van der Waals surface area contributed by atoms with E-state index in [9.17, 15) is 13.6 Å². The van der Waals surface area contributed by atoms with Crippen molar-refractivity contribution in [1.82, 2.24) is 14.8 Å². The zero-order valence-electron chi connectivity index (χ0n) is 16.5. The van der Waals surface area contributed by atoms with Gasteiger partial charge in [-0.15, -0.1) is 16.8 Å². The van der Waals surface area contributed by atoms with Crippen molar-refractivity contribution in [3.63, 3.8) is 0 Å². The zero-order valence-corrected chi connectivity index (χ0v) is 18.1. The van der Waals surface area contributed by atoms with Crippen LogP contribution in [0.5, 0.6) is 5.75 Å². The fourth-order valence-corrected chi connectivity index (χ4v) is 3.63. The van der Waals surface area contributed by atoms with Crippen LogP contribution in [0, 0.1) is 11.6 Å². The molecule has 1 atom stereocenters. The lowest BCUT2D eigenvalue weighted by atomic mass is 10.3. The lowest BCUT2D eigenvalue weighted by Gasteiger charge is -2.16. The van der Waals surface area contributed by atoms with Gasteiger partial charge in [0, 0.05) is 12.6 Å². The standard InChI is InChI=1S/C21H19ClF2N4O2S/c1-3-10-28-20(13(2)30-18-7-5-4-6-15(18)22)26-27-21(28)31-12-19(29)25-17-9-8-14(23)11-16(17)24/h3-9,11,13H,1,10,12H2,2H3,(H,25,29). The third kappa shape index (κ3) is 5.83. The predicted octanol–water partition coefficient (Wildman–Crippen LogP) is 5.27. The van der Waals surface area contributed by atoms with E-state index in [1.807, 2.05) is 13.0 Å². The lowest BCUT2D eigenvalue weighted by molar-refractivity contribution is -0.113. The highest BCUT2D eigenvalue weighted by Gasteiger charge is 2.20. The second-order valence-corrected chi connectivity index (χ2v) is 7.74. The summed E-state index contributed by atoms with van der Waals surface area (Å²) in [7, 11) is 0. The van der Waals surface area contributed by atoms with Crippen LogP contribution in [-0.4, -0.2) is 26.4 Å². The first kappa shape index (κ1) is 22.8. The Bertz CT molecular complexity index is 1090. The molecule has 3 rings (SSSR count). The fourth-order valence-electron chi connectivity index (χ4n) is 2.70. The topological polar surface area (TPSA) is 69.0 Å². The number of halogens is 3. The number of amides is 1. The first-order valence-electron chi connectivity index (χ1n) is 9.22. The van der Waals surface area contributed by atoms with Crippen LogP contribution in [0.4, 0.5) is 14.5 Å². The van der Waals surface area contributed by atoms with Crippen LogP contribution in [-0.2, 0) is 11.3 Å². The van der Waals surface area contributed by atoms with Crippen molar-refractivity contribution in [3.05, 3.63) is 77.6 Å². The molecule has 1 aromatic heterocycles. The monoisotopic (exact) mass is 464 g/mol. The van der Waals surface area contributed by atoms with Crippen LogP contribution in [0.1, 0.15) is 18.9 Å². The van der Waals surface area contributed by atoms with E-state index < -0.39 is 23.6 Å². The molecule has 0 bridgehead atoms. The molecule has 0 aliphatic carbocycles. The number of carbonyl (C=O) groups excluding carboxylic acids is 1. The molecular weight excluding hydrogens is 446 g/mol. The van der Waals surface area contributed by atoms with Gasteiger partial charge in [-0.1, -0.05) is 41.6 Å². The van der Waals surface area contributed by atoms with E-state index >= 15 is 0 Å². The number of rotatable bonds is 9. The molecule has 0 saturated heterocycles. The molecule has 0 spiro atoms. The molecule has 2 aromatic carbocycles. The molecular formula is C21H19ClF2N4O2S. The molecule has 0 radical (unpaired) electrons. The first-order valence-corrected chi connectivity index (χ1v) is 10.6. The summed E-state index contributed by atoms with van der Waals surface area (Å²) in [5, 5.41) is 11.7. The van der Waals surface area contributed by atoms with Crippen LogP contribution in [0.25, 0.3) is 0 Å². The molecule has 1 unspecified atom stereocenters. The summed E-state index contributed by atoms with van der Waals surface area (Å²) in [5.74, 6) is -1.03. The minimum atomic E-state index is -0.846. The number of hydrogen-bond acceptors (Lipinski definition) is 5. The summed E-state index contributed by atoms with van der Waals surface area (Å²) in [5.41, 5.74) is -0.0954. The van der Waals surface area contributed by atoms with E-state index in [0.717, 1.165) is 17.8 Å². The number of carbonyl (C=O) groups is 1. The Morgan fingerprint density at radius 1 is 1.32 bits per heavy atom. The van der Waals surface area contributed by atoms with Gasteiger partial charge in [0.05, 0.1) is 16.5 Å².